The van der Waals surface area contributed by atoms with Crippen LogP contribution in [-0.4, -0.2) is 48.9 Å². The lowest BCUT2D eigenvalue weighted by atomic mass is 10.2. The van der Waals surface area contributed by atoms with Gasteiger partial charge in [0.05, 0.1) is 19.3 Å². The van der Waals surface area contributed by atoms with Crippen molar-refractivity contribution in [3.63, 3.8) is 0 Å². The Labute approximate surface area is 96.9 Å². The zero-order valence-corrected chi connectivity index (χ0v) is 10.4. The molecule has 0 radical (unpaired) electrons. The van der Waals surface area contributed by atoms with E-state index in [1.54, 1.807) is 4.90 Å². The molecule has 2 N–H and O–H groups in total. The van der Waals surface area contributed by atoms with E-state index in [4.69, 9.17) is 15.2 Å². The van der Waals surface area contributed by atoms with E-state index >= 15 is 0 Å². The largest absolute Gasteiger partial charge is 0.444 e. The summed E-state index contributed by atoms with van der Waals surface area (Å²) >= 11 is 0. The number of likely N-dealkylation sites (tertiary alicyclic amines) is 1. The molecule has 1 heterocycles. The molecule has 94 valence electrons. The van der Waals surface area contributed by atoms with E-state index in [0.717, 1.165) is 6.42 Å². The predicted molar refractivity (Wildman–Crippen MR) is 61.2 cm³/mol. The van der Waals surface area contributed by atoms with Crippen molar-refractivity contribution >= 4 is 6.09 Å². The van der Waals surface area contributed by atoms with Crippen LogP contribution in [0.5, 0.6) is 0 Å². The Bertz CT molecular complexity index is 238. The SMILES string of the molecule is CC(C)(C)OC(=O)N1CCC(OCCN)C1. The highest BCUT2D eigenvalue weighted by Gasteiger charge is 2.29. The Morgan fingerprint density at radius 3 is 2.75 bits per heavy atom. The number of nitrogens with two attached hydrogens (primary N) is 1. The minimum Gasteiger partial charge on any atom is -0.444 e. The van der Waals surface area contributed by atoms with Gasteiger partial charge in [-0.15, -0.1) is 0 Å². The van der Waals surface area contributed by atoms with Gasteiger partial charge in [-0.05, 0) is 27.2 Å². The highest BCUT2D eigenvalue weighted by atomic mass is 16.6. The zero-order valence-electron chi connectivity index (χ0n) is 10.4. The van der Waals surface area contributed by atoms with Gasteiger partial charge in [0.25, 0.3) is 0 Å². The smallest absolute Gasteiger partial charge is 0.410 e. The summed E-state index contributed by atoms with van der Waals surface area (Å²) in [5.74, 6) is 0. The average Bonchev–Trinajstić information content (AvgIpc) is 2.60. The molecule has 1 rings (SSSR count). The lowest BCUT2D eigenvalue weighted by molar-refractivity contribution is 0.0219. The van der Waals surface area contributed by atoms with Crippen molar-refractivity contribution < 1.29 is 14.3 Å². The van der Waals surface area contributed by atoms with Crippen molar-refractivity contribution in [3.05, 3.63) is 0 Å². The van der Waals surface area contributed by atoms with Crippen LogP contribution < -0.4 is 5.73 Å². The second kappa shape index (κ2) is 5.50. The van der Waals surface area contributed by atoms with Crippen LogP contribution in [0.1, 0.15) is 27.2 Å². The highest BCUT2D eigenvalue weighted by molar-refractivity contribution is 5.68. The Kier molecular flexibility index (Phi) is 4.56. The molecule has 0 aliphatic carbocycles. The van der Waals surface area contributed by atoms with Gasteiger partial charge in [0.15, 0.2) is 0 Å². The maximum atomic E-state index is 11.7. The summed E-state index contributed by atoms with van der Waals surface area (Å²) in [6.45, 7) is 7.96. The third-order valence-electron chi connectivity index (χ3n) is 2.27. The summed E-state index contributed by atoms with van der Waals surface area (Å²) < 4.78 is 10.8. The Hall–Kier alpha value is -0.810. The molecule has 1 unspecified atom stereocenters. The number of hydrogen-bond donors (Lipinski definition) is 1. The van der Waals surface area contributed by atoms with Gasteiger partial charge in [-0.3, -0.25) is 0 Å². The van der Waals surface area contributed by atoms with E-state index < -0.39 is 5.60 Å². The number of rotatable bonds is 3. The minimum atomic E-state index is -0.437. The Morgan fingerprint density at radius 1 is 1.50 bits per heavy atom. The number of carbonyl (C=O) groups is 1. The summed E-state index contributed by atoms with van der Waals surface area (Å²) in [6.07, 6.45) is 0.710. The molecular weight excluding hydrogens is 208 g/mol. The van der Waals surface area contributed by atoms with E-state index in [9.17, 15) is 4.79 Å². The van der Waals surface area contributed by atoms with Gasteiger partial charge in [0.1, 0.15) is 5.60 Å². The zero-order chi connectivity index (χ0) is 12.2. The highest BCUT2D eigenvalue weighted by Crippen LogP contribution is 2.16. The van der Waals surface area contributed by atoms with Gasteiger partial charge in [-0.1, -0.05) is 0 Å². The summed E-state index contributed by atoms with van der Waals surface area (Å²) in [7, 11) is 0. The van der Waals surface area contributed by atoms with E-state index in [-0.39, 0.29) is 12.2 Å². The molecule has 0 saturated carbocycles. The molecule has 16 heavy (non-hydrogen) atoms. The van der Waals surface area contributed by atoms with Gasteiger partial charge in [0.2, 0.25) is 0 Å². The third-order valence-corrected chi connectivity index (χ3v) is 2.27. The molecule has 1 fully saturated rings. The fourth-order valence-electron chi connectivity index (χ4n) is 1.59. The second-order valence-electron chi connectivity index (χ2n) is 5.00. The minimum absolute atomic E-state index is 0.107. The fraction of sp³-hybridized carbons (Fsp3) is 0.909. The lowest BCUT2D eigenvalue weighted by Crippen LogP contribution is -2.36. The number of amides is 1. The average molecular weight is 230 g/mol. The molecule has 0 aromatic heterocycles. The van der Waals surface area contributed by atoms with Gasteiger partial charge >= 0.3 is 6.09 Å². The fourth-order valence-corrected chi connectivity index (χ4v) is 1.59. The van der Waals surface area contributed by atoms with Crippen molar-refractivity contribution in [2.45, 2.75) is 38.9 Å². The first kappa shape index (κ1) is 13.3. The van der Waals surface area contributed by atoms with Crippen LogP contribution in [-0.2, 0) is 9.47 Å². The third kappa shape index (κ3) is 4.37. The molecule has 1 saturated heterocycles. The van der Waals surface area contributed by atoms with E-state index in [0.29, 0.717) is 26.2 Å². The van der Waals surface area contributed by atoms with Crippen LogP contribution in [0.2, 0.25) is 0 Å². The first-order valence-corrected chi connectivity index (χ1v) is 5.72. The van der Waals surface area contributed by atoms with Crippen molar-refractivity contribution in [3.8, 4) is 0 Å². The Balaban J connectivity index is 2.32. The molecule has 1 atom stereocenters. The molecule has 1 amide bonds. The summed E-state index contributed by atoms with van der Waals surface area (Å²) in [4.78, 5) is 13.4. The van der Waals surface area contributed by atoms with Crippen LogP contribution in [0.15, 0.2) is 0 Å². The van der Waals surface area contributed by atoms with Crippen LogP contribution in [0.3, 0.4) is 0 Å². The van der Waals surface area contributed by atoms with E-state index in [1.807, 2.05) is 20.8 Å². The number of carbonyl (C=O) groups excluding carboxylic acids is 1. The molecule has 0 aromatic rings. The van der Waals surface area contributed by atoms with Crippen LogP contribution in [0.25, 0.3) is 0 Å². The first-order valence-electron chi connectivity index (χ1n) is 5.72. The first-order chi connectivity index (χ1) is 7.42. The van der Waals surface area contributed by atoms with E-state index in [2.05, 4.69) is 0 Å². The second-order valence-corrected chi connectivity index (χ2v) is 5.00. The van der Waals surface area contributed by atoms with Crippen molar-refractivity contribution in [1.82, 2.24) is 4.90 Å². The van der Waals surface area contributed by atoms with Gasteiger partial charge in [-0.25, -0.2) is 4.79 Å². The molecule has 1 aliphatic heterocycles. The monoisotopic (exact) mass is 230 g/mol. The molecule has 5 heteroatoms. The summed E-state index contributed by atoms with van der Waals surface area (Å²) in [5, 5.41) is 0. The van der Waals surface area contributed by atoms with Crippen LogP contribution >= 0.6 is 0 Å². The summed E-state index contributed by atoms with van der Waals surface area (Å²) in [6, 6.07) is 0. The topological polar surface area (TPSA) is 64.8 Å². The van der Waals surface area contributed by atoms with Gasteiger partial charge < -0.3 is 20.1 Å². The molecular formula is C11H22N2O3. The van der Waals surface area contributed by atoms with Gasteiger partial charge in [0, 0.05) is 13.1 Å². The predicted octanol–water partition coefficient (Wildman–Crippen LogP) is 0.971. The maximum absolute atomic E-state index is 11.7. The Morgan fingerprint density at radius 2 is 2.19 bits per heavy atom. The number of nitrogens with zero attached hydrogens (tertiary/aromatic N) is 1. The summed E-state index contributed by atoms with van der Waals surface area (Å²) in [5.41, 5.74) is 4.92. The normalized spacial score (nSPS) is 21.2. The van der Waals surface area contributed by atoms with Crippen molar-refractivity contribution in [2.75, 3.05) is 26.2 Å². The lowest BCUT2D eigenvalue weighted by Gasteiger charge is -2.24. The maximum Gasteiger partial charge on any atom is 0.410 e. The van der Waals surface area contributed by atoms with Crippen molar-refractivity contribution in [1.29, 1.82) is 0 Å². The van der Waals surface area contributed by atoms with Crippen molar-refractivity contribution in [2.24, 2.45) is 5.73 Å². The molecule has 0 bridgehead atoms. The standard InChI is InChI=1S/C11H22N2O3/c1-11(2,3)16-10(14)13-6-4-9(8-13)15-7-5-12/h9H,4-8,12H2,1-3H3. The van der Waals surface area contributed by atoms with E-state index in [1.165, 1.54) is 0 Å². The number of hydrogen-bond acceptors (Lipinski definition) is 4. The molecule has 0 spiro atoms. The molecule has 5 nitrogen and oxygen atoms in total. The van der Waals surface area contributed by atoms with Gasteiger partial charge in [-0.2, -0.15) is 0 Å². The molecule has 0 aromatic carbocycles. The number of ether oxygens (including phenoxy) is 2. The molecule has 1 aliphatic rings. The van der Waals surface area contributed by atoms with Crippen LogP contribution in [0, 0.1) is 0 Å². The van der Waals surface area contributed by atoms with Crippen LogP contribution in [0.4, 0.5) is 4.79 Å². The quantitative estimate of drug-likeness (QED) is 0.784.